The monoisotopic (exact) mass is 354 g/mol. The third-order valence-electron chi connectivity index (χ3n) is 5.53. The van der Waals surface area contributed by atoms with Gasteiger partial charge in [-0.05, 0) is 18.6 Å². The highest BCUT2D eigenvalue weighted by molar-refractivity contribution is 5.94. The van der Waals surface area contributed by atoms with Crippen LogP contribution in [-0.4, -0.2) is 59.6 Å². The molecule has 0 radical (unpaired) electrons. The van der Waals surface area contributed by atoms with E-state index in [1.165, 1.54) is 0 Å². The van der Waals surface area contributed by atoms with E-state index in [1.54, 1.807) is 24.5 Å². The van der Waals surface area contributed by atoms with E-state index in [0.717, 1.165) is 5.69 Å². The number of carbonyl (C=O) groups excluding carboxylic acids is 2. The Bertz CT molecular complexity index is 819. The van der Waals surface area contributed by atoms with E-state index in [0.29, 0.717) is 38.4 Å². The Balaban J connectivity index is 1.56. The zero-order chi connectivity index (χ0) is 18.1. The van der Waals surface area contributed by atoms with Gasteiger partial charge in [0.05, 0.1) is 12.0 Å². The lowest BCUT2D eigenvalue weighted by molar-refractivity contribution is -0.138. The van der Waals surface area contributed by atoms with Crippen LogP contribution in [-0.2, 0) is 9.53 Å². The van der Waals surface area contributed by atoms with Crippen molar-refractivity contribution < 1.29 is 14.3 Å². The van der Waals surface area contributed by atoms with E-state index in [-0.39, 0.29) is 17.7 Å². The van der Waals surface area contributed by atoms with Crippen LogP contribution in [0.4, 0.5) is 0 Å². The number of hydrogen-bond donors (Lipinski definition) is 1. The third kappa shape index (κ3) is 2.68. The summed E-state index contributed by atoms with van der Waals surface area (Å²) in [5.74, 6) is -0.121. The lowest BCUT2D eigenvalue weighted by atomic mass is 9.73. The van der Waals surface area contributed by atoms with E-state index in [2.05, 4.69) is 10.3 Å². The van der Waals surface area contributed by atoms with Crippen LogP contribution in [0, 0.1) is 11.3 Å². The highest BCUT2D eigenvalue weighted by Crippen LogP contribution is 2.42. The van der Waals surface area contributed by atoms with Crippen molar-refractivity contribution in [3.63, 3.8) is 0 Å². The molecule has 7 heteroatoms. The predicted molar refractivity (Wildman–Crippen MR) is 94.9 cm³/mol. The largest absolute Gasteiger partial charge is 0.381 e. The first-order chi connectivity index (χ1) is 12.6. The molecule has 1 aromatic carbocycles. The van der Waals surface area contributed by atoms with Crippen LogP contribution in [0.5, 0.6) is 0 Å². The summed E-state index contributed by atoms with van der Waals surface area (Å²) in [4.78, 5) is 31.5. The average molecular weight is 354 g/mol. The summed E-state index contributed by atoms with van der Waals surface area (Å²) in [6, 6.07) is 9.74. The highest BCUT2D eigenvalue weighted by atomic mass is 16.5. The summed E-state index contributed by atoms with van der Waals surface area (Å²) < 4.78 is 7.39. The number of nitrogens with zero attached hydrogens (tertiary/aromatic N) is 3. The highest BCUT2D eigenvalue weighted by Gasteiger charge is 2.54. The molecule has 2 fully saturated rings. The number of amides is 2. The van der Waals surface area contributed by atoms with Gasteiger partial charge in [-0.3, -0.25) is 9.59 Å². The number of nitrogens with one attached hydrogen (secondary N) is 1. The maximum Gasteiger partial charge on any atom is 0.274 e. The smallest absolute Gasteiger partial charge is 0.274 e. The number of ether oxygens (including phenoxy) is 1. The molecule has 26 heavy (non-hydrogen) atoms. The maximum atomic E-state index is 13.0. The molecule has 4 rings (SSSR count). The molecule has 2 saturated heterocycles. The molecule has 2 amide bonds. The summed E-state index contributed by atoms with van der Waals surface area (Å²) in [5.41, 5.74) is 0.787. The lowest BCUT2D eigenvalue weighted by Gasteiger charge is -2.36. The lowest BCUT2D eigenvalue weighted by Crippen LogP contribution is -2.49. The average Bonchev–Trinajstić information content (AvgIpc) is 3.33. The molecule has 0 saturated carbocycles. The van der Waals surface area contributed by atoms with Crippen molar-refractivity contribution in [3.05, 3.63) is 48.5 Å². The number of aromatic nitrogens is 2. The van der Waals surface area contributed by atoms with Crippen molar-refractivity contribution in [2.45, 2.75) is 6.42 Å². The number of likely N-dealkylation sites (tertiary alicyclic amines) is 1. The van der Waals surface area contributed by atoms with Crippen molar-refractivity contribution in [2.75, 3.05) is 33.4 Å². The standard InChI is InChI=1S/C19H22N4O3/c1-20-18(25)19-7-8-26-11-14(19)9-22(12-19)17(24)16-10-23(13-21-16)15-5-3-2-4-6-15/h2-6,10,13-14H,7-9,11-12H2,1H3,(H,20,25)/t14-,19+/m1/s1. The molecule has 136 valence electrons. The molecule has 2 aliphatic heterocycles. The first kappa shape index (κ1) is 16.8. The molecule has 0 bridgehead atoms. The Labute approximate surface area is 152 Å². The second kappa shape index (κ2) is 6.57. The Hall–Kier alpha value is -2.67. The van der Waals surface area contributed by atoms with Crippen molar-refractivity contribution in [1.29, 1.82) is 0 Å². The summed E-state index contributed by atoms with van der Waals surface area (Å²) in [7, 11) is 1.65. The fourth-order valence-electron chi connectivity index (χ4n) is 4.06. The predicted octanol–water partition coefficient (Wildman–Crippen LogP) is 1.10. The van der Waals surface area contributed by atoms with E-state index < -0.39 is 5.41 Å². The number of para-hydroxylation sites is 1. The van der Waals surface area contributed by atoms with Crippen molar-refractivity contribution in [1.82, 2.24) is 19.8 Å². The number of imidazole rings is 1. The topological polar surface area (TPSA) is 76.5 Å². The molecule has 2 atom stereocenters. The number of carbonyl (C=O) groups is 2. The molecule has 2 aromatic rings. The van der Waals surface area contributed by atoms with Crippen LogP contribution >= 0.6 is 0 Å². The summed E-state index contributed by atoms with van der Waals surface area (Å²) in [6.07, 6.45) is 4.02. The SMILES string of the molecule is CNC(=O)[C@]12CCOC[C@H]1CN(C(=O)c1cn(-c3ccccc3)cn1)C2. The third-order valence-corrected chi connectivity index (χ3v) is 5.53. The number of hydrogen-bond acceptors (Lipinski definition) is 4. The Morgan fingerprint density at radius 3 is 2.88 bits per heavy atom. The van der Waals surface area contributed by atoms with Gasteiger partial charge in [-0.25, -0.2) is 4.98 Å². The molecule has 7 nitrogen and oxygen atoms in total. The first-order valence-corrected chi connectivity index (χ1v) is 8.83. The van der Waals surface area contributed by atoms with Gasteiger partial charge in [0, 0.05) is 44.5 Å². The van der Waals surface area contributed by atoms with E-state index in [4.69, 9.17) is 4.74 Å². The van der Waals surface area contributed by atoms with Gasteiger partial charge in [-0.15, -0.1) is 0 Å². The van der Waals surface area contributed by atoms with Gasteiger partial charge in [0.15, 0.2) is 0 Å². The maximum absolute atomic E-state index is 13.0. The van der Waals surface area contributed by atoms with Gasteiger partial charge >= 0.3 is 0 Å². The summed E-state index contributed by atoms with van der Waals surface area (Å²) in [6.45, 7) is 1.99. The van der Waals surface area contributed by atoms with Crippen LogP contribution in [0.25, 0.3) is 5.69 Å². The molecule has 1 aromatic heterocycles. The zero-order valence-corrected chi connectivity index (χ0v) is 14.7. The van der Waals surface area contributed by atoms with Gasteiger partial charge in [0.25, 0.3) is 5.91 Å². The van der Waals surface area contributed by atoms with Gasteiger partial charge in [-0.2, -0.15) is 0 Å². The Kier molecular flexibility index (Phi) is 4.24. The van der Waals surface area contributed by atoms with Crippen LogP contribution in [0.2, 0.25) is 0 Å². The first-order valence-electron chi connectivity index (χ1n) is 8.83. The molecule has 2 aliphatic rings. The second-order valence-electron chi connectivity index (χ2n) is 6.94. The molecule has 3 heterocycles. The van der Waals surface area contributed by atoms with Gasteiger partial charge in [0.1, 0.15) is 12.0 Å². The fourth-order valence-corrected chi connectivity index (χ4v) is 4.06. The molecular formula is C19H22N4O3. The fraction of sp³-hybridized carbons (Fsp3) is 0.421. The molecule has 0 spiro atoms. The second-order valence-corrected chi connectivity index (χ2v) is 6.94. The summed E-state index contributed by atoms with van der Waals surface area (Å²) >= 11 is 0. The quantitative estimate of drug-likeness (QED) is 0.895. The van der Waals surface area contributed by atoms with E-state index >= 15 is 0 Å². The van der Waals surface area contributed by atoms with Crippen LogP contribution in [0.1, 0.15) is 16.9 Å². The number of fused-ring (bicyclic) bond motifs is 1. The number of benzene rings is 1. The molecule has 1 N–H and O–H groups in total. The van der Waals surface area contributed by atoms with E-state index in [1.807, 2.05) is 34.9 Å². The van der Waals surface area contributed by atoms with Crippen LogP contribution < -0.4 is 5.32 Å². The van der Waals surface area contributed by atoms with Gasteiger partial charge in [-0.1, -0.05) is 18.2 Å². The van der Waals surface area contributed by atoms with Gasteiger partial charge < -0.3 is 19.5 Å². The minimum atomic E-state index is -0.551. The molecular weight excluding hydrogens is 332 g/mol. The summed E-state index contributed by atoms with van der Waals surface area (Å²) in [5, 5.41) is 2.77. The van der Waals surface area contributed by atoms with Crippen LogP contribution in [0.3, 0.4) is 0 Å². The van der Waals surface area contributed by atoms with E-state index in [9.17, 15) is 9.59 Å². The van der Waals surface area contributed by atoms with Crippen molar-refractivity contribution in [2.24, 2.45) is 11.3 Å². The molecule has 0 aliphatic carbocycles. The zero-order valence-electron chi connectivity index (χ0n) is 14.7. The van der Waals surface area contributed by atoms with Crippen molar-refractivity contribution in [3.8, 4) is 5.69 Å². The Morgan fingerprint density at radius 2 is 2.12 bits per heavy atom. The molecule has 0 unspecified atom stereocenters. The van der Waals surface area contributed by atoms with Crippen LogP contribution in [0.15, 0.2) is 42.9 Å². The normalized spacial score (nSPS) is 25.0. The number of rotatable bonds is 3. The van der Waals surface area contributed by atoms with Gasteiger partial charge in [0.2, 0.25) is 5.91 Å². The van der Waals surface area contributed by atoms with Crippen molar-refractivity contribution >= 4 is 11.8 Å². The minimum Gasteiger partial charge on any atom is -0.381 e. The Morgan fingerprint density at radius 1 is 1.31 bits per heavy atom. The minimum absolute atomic E-state index is 0.00378.